The minimum Gasteiger partial charge on any atom is -0.444 e. The molecule has 3 rings (SSSR count). The summed E-state index contributed by atoms with van der Waals surface area (Å²) in [7, 11) is 0. The average molecular weight is 368 g/mol. The van der Waals surface area contributed by atoms with Gasteiger partial charge in [0.15, 0.2) is 0 Å². The highest BCUT2D eigenvalue weighted by molar-refractivity contribution is 5.92. The molecule has 0 bridgehead atoms. The first-order chi connectivity index (χ1) is 12.9. The van der Waals surface area contributed by atoms with E-state index in [1.54, 1.807) is 6.92 Å². The van der Waals surface area contributed by atoms with Crippen molar-refractivity contribution in [2.45, 2.75) is 27.7 Å². The van der Waals surface area contributed by atoms with Crippen LogP contribution in [0.1, 0.15) is 28.4 Å². The van der Waals surface area contributed by atoms with Gasteiger partial charge in [0.2, 0.25) is 11.8 Å². The lowest BCUT2D eigenvalue weighted by Gasteiger charge is -2.35. The third kappa shape index (κ3) is 4.26. The van der Waals surface area contributed by atoms with E-state index in [2.05, 4.69) is 31.2 Å². The van der Waals surface area contributed by atoms with Crippen LogP contribution in [0.25, 0.3) is 0 Å². The molecule has 1 N–H and O–H groups in total. The third-order valence-electron chi connectivity index (χ3n) is 4.77. The smallest absolute Gasteiger partial charge is 0.240 e. The van der Waals surface area contributed by atoms with Crippen LogP contribution in [-0.4, -0.2) is 53.5 Å². The minimum atomic E-state index is -0.178. The molecular weight excluding hydrogens is 344 g/mol. The maximum absolute atomic E-state index is 12.4. The lowest BCUT2D eigenvalue weighted by Crippen LogP contribution is -2.49. The predicted molar refractivity (Wildman–Crippen MR) is 102 cm³/mol. The van der Waals surface area contributed by atoms with E-state index in [4.69, 9.17) is 4.42 Å². The molecule has 1 fully saturated rings. The van der Waals surface area contributed by atoms with Crippen molar-refractivity contribution in [3.05, 3.63) is 34.5 Å². The van der Waals surface area contributed by atoms with Crippen molar-refractivity contribution in [3.63, 3.8) is 0 Å². The van der Waals surface area contributed by atoms with Gasteiger partial charge in [-0.2, -0.15) is 5.26 Å². The Labute approximate surface area is 158 Å². The summed E-state index contributed by atoms with van der Waals surface area (Å²) >= 11 is 0. The average Bonchev–Trinajstić information content (AvgIpc) is 2.87. The van der Waals surface area contributed by atoms with Crippen LogP contribution in [0.2, 0.25) is 0 Å². The Morgan fingerprint density at radius 2 is 1.93 bits per heavy atom. The second kappa shape index (κ2) is 7.76. The van der Waals surface area contributed by atoms with Crippen molar-refractivity contribution in [2.24, 2.45) is 0 Å². The summed E-state index contributed by atoms with van der Waals surface area (Å²) in [5, 5.41) is 12.0. The summed E-state index contributed by atoms with van der Waals surface area (Å²) < 4.78 is 5.50. The molecule has 0 aromatic carbocycles. The van der Waals surface area contributed by atoms with E-state index in [-0.39, 0.29) is 18.3 Å². The molecule has 1 aliphatic heterocycles. The van der Waals surface area contributed by atoms with Gasteiger partial charge < -0.3 is 9.32 Å². The van der Waals surface area contributed by atoms with E-state index in [0.29, 0.717) is 11.3 Å². The van der Waals surface area contributed by atoms with Crippen molar-refractivity contribution in [1.29, 1.82) is 5.26 Å². The van der Waals surface area contributed by atoms with Crippen molar-refractivity contribution in [1.82, 2.24) is 14.9 Å². The monoisotopic (exact) mass is 368 g/mol. The van der Waals surface area contributed by atoms with Crippen LogP contribution < -0.4 is 10.2 Å². The summed E-state index contributed by atoms with van der Waals surface area (Å²) in [5.74, 6) is 2.41. The highest BCUT2D eigenvalue weighted by atomic mass is 16.4. The van der Waals surface area contributed by atoms with Crippen LogP contribution in [0.5, 0.6) is 0 Å². The van der Waals surface area contributed by atoms with E-state index in [9.17, 15) is 10.1 Å². The number of hydrogen-bond donors (Lipinski definition) is 1. The highest BCUT2D eigenvalue weighted by Crippen LogP contribution is 2.25. The molecule has 0 spiro atoms. The first-order valence-electron chi connectivity index (χ1n) is 8.97. The molecular formula is C19H24N6O2. The lowest BCUT2D eigenvalue weighted by atomic mass is 10.2. The van der Waals surface area contributed by atoms with Crippen LogP contribution in [0.3, 0.4) is 0 Å². The van der Waals surface area contributed by atoms with Gasteiger partial charge in [-0.15, -0.1) is 0 Å². The summed E-state index contributed by atoms with van der Waals surface area (Å²) in [4.78, 5) is 25.5. The van der Waals surface area contributed by atoms with Gasteiger partial charge in [-0.3, -0.25) is 15.0 Å². The molecule has 8 nitrogen and oxygen atoms in total. The molecule has 8 heteroatoms. The van der Waals surface area contributed by atoms with Crippen LogP contribution in [0.4, 0.5) is 11.7 Å². The molecule has 0 radical (unpaired) electrons. The zero-order valence-corrected chi connectivity index (χ0v) is 16.2. The van der Waals surface area contributed by atoms with Gasteiger partial charge in [-0.05, 0) is 27.7 Å². The molecule has 1 saturated heterocycles. The van der Waals surface area contributed by atoms with Crippen molar-refractivity contribution in [2.75, 3.05) is 42.9 Å². The Hall–Kier alpha value is -2.92. The summed E-state index contributed by atoms with van der Waals surface area (Å²) in [5.41, 5.74) is 2.11. The van der Waals surface area contributed by atoms with Crippen molar-refractivity contribution >= 4 is 17.6 Å². The van der Waals surface area contributed by atoms with E-state index in [1.165, 1.54) is 0 Å². The zero-order valence-electron chi connectivity index (χ0n) is 16.2. The fourth-order valence-electron chi connectivity index (χ4n) is 3.21. The first kappa shape index (κ1) is 18.9. The molecule has 0 unspecified atom stereocenters. The number of carbonyl (C=O) groups excluding carboxylic acids is 1. The Kier molecular flexibility index (Phi) is 5.42. The Morgan fingerprint density at radius 1 is 1.22 bits per heavy atom. The normalized spacial score (nSPS) is 14.9. The van der Waals surface area contributed by atoms with Gasteiger partial charge in [0.05, 0.1) is 6.54 Å². The summed E-state index contributed by atoms with van der Waals surface area (Å²) in [6, 6.07) is 4.07. The van der Waals surface area contributed by atoms with Crippen LogP contribution in [0, 0.1) is 39.0 Å². The van der Waals surface area contributed by atoms with E-state index >= 15 is 0 Å². The maximum atomic E-state index is 12.4. The number of nitrogens with one attached hydrogen (secondary N) is 1. The molecule has 0 saturated carbocycles. The van der Waals surface area contributed by atoms with Gasteiger partial charge in [0.25, 0.3) is 0 Å². The molecule has 0 aliphatic carbocycles. The molecule has 1 amide bonds. The molecule has 27 heavy (non-hydrogen) atoms. The number of anilines is 2. The van der Waals surface area contributed by atoms with Gasteiger partial charge in [0, 0.05) is 43.5 Å². The topological polar surface area (TPSA) is 98.3 Å². The lowest BCUT2D eigenvalue weighted by molar-refractivity contribution is -0.117. The Balaban J connectivity index is 1.55. The van der Waals surface area contributed by atoms with Crippen LogP contribution >= 0.6 is 0 Å². The Bertz CT molecular complexity index is 870. The SMILES string of the molecule is Cc1cc(N2CCN(CC(=O)Nc3oc(C)c(C)c3C#N)CC2)nc(C)n1. The van der Waals surface area contributed by atoms with E-state index < -0.39 is 0 Å². The van der Waals surface area contributed by atoms with Gasteiger partial charge in [0.1, 0.15) is 29.0 Å². The highest BCUT2D eigenvalue weighted by Gasteiger charge is 2.22. The van der Waals surface area contributed by atoms with E-state index in [0.717, 1.165) is 49.1 Å². The number of hydrogen-bond acceptors (Lipinski definition) is 7. The summed E-state index contributed by atoms with van der Waals surface area (Å²) in [6.45, 7) is 10.8. The van der Waals surface area contributed by atoms with Crippen molar-refractivity contribution < 1.29 is 9.21 Å². The standard InChI is InChI=1S/C19H24N6O2/c1-12-9-17(22-15(4)21-12)25-7-5-24(6-8-25)11-18(26)23-19-16(10-20)13(2)14(3)27-19/h9H,5-8,11H2,1-4H3,(H,23,26). The fraction of sp³-hybridized carbons (Fsp3) is 0.474. The second-order valence-electron chi connectivity index (χ2n) is 6.83. The molecule has 2 aromatic rings. The number of piperazine rings is 1. The number of amides is 1. The number of aryl methyl sites for hydroxylation is 3. The third-order valence-corrected chi connectivity index (χ3v) is 4.77. The minimum absolute atomic E-state index is 0.178. The first-order valence-corrected chi connectivity index (χ1v) is 8.97. The number of nitrogens with zero attached hydrogens (tertiary/aromatic N) is 5. The molecule has 1 aliphatic rings. The van der Waals surface area contributed by atoms with Gasteiger partial charge in [-0.1, -0.05) is 0 Å². The second-order valence-corrected chi connectivity index (χ2v) is 6.83. The number of aromatic nitrogens is 2. The Morgan fingerprint density at radius 3 is 2.56 bits per heavy atom. The van der Waals surface area contributed by atoms with Gasteiger partial charge in [-0.25, -0.2) is 9.97 Å². The van der Waals surface area contributed by atoms with E-state index in [1.807, 2.05) is 26.8 Å². The zero-order chi connectivity index (χ0) is 19.6. The van der Waals surface area contributed by atoms with Crippen molar-refractivity contribution in [3.8, 4) is 6.07 Å². The largest absolute Gasteiger partial charge is 0.444 e. The molecule has 2 aromatic heterocycles. The molecule has 3 heterocycles. The maximum Gasteiger partial charge on any atom is 0.240 e. The molecule has 0 atom stereocenters. The van der Waals surface area contributed by atoms with Crippen LogP contribution in [0.15, 0.2) is 10.5 Å². The summed E-state index contributed by atoms with van der Waals surface area (Å²) in [6.07, 6.45) is 0. The van der Waals surface area contributed by atoms with Crippen LogP contribution in [-0.2, 0) is 4.79 Å². The molecule has 142 valence electrons. The van der Waals surface area contributed by atoms with Gasteiger partial charge >= 0.3 is 0 Å². The number of nitriles is 1. The quantitative estimate of drug-likeness (QED) is 0.880. The fourth-order valence-corrected chi connectivity index (χ4v) is 3.21. The number of rotatable bonds is 4. The number of carbonyl (C=O) groups is 1. The predicted octanol–water partition coefficient (Wildman–Crippen LogP) is 1.94. The number of furan rings is 1.